The Morgan fingerprint density at radius 1 is 1.26 bits per heavy atom. The van der Waals surface area contributed by atoms with Crippen LogP contribution in [-0.4, -0.2) is 28.3 Å². The molecule has 4 rings (SSSR count). The van der Waals surface area contributed by atoms with E-state index in [9.17, 15) is 9.59 Å². The number of rotatable bonds is 2. The first kappa shape index (κ1) is 17.4. The molecular formula is C19H17N3O4S. The number of aryl methyl sites for hydroxylation is 1. The summed E-state index contributed by atoms with van der Waals surface area (Å²) in [6, 6.07) is 7.81. The third-order valence-corrected chi connectivity index (χ3v) is 5.17. The van der Waals surface area contributed by atoms with Crippen LogP contribution >= 0.6 is 11.8 Å². The summed E-state index contributed by atoms with van der Waals surface area (Å²) < 4.78 is 12.9. The van der Waals surface area contributed by atoms with Crippen LogP contribution in [0.3, 0.4) is 0 Å². The maximum absolute atomic E-state index is 12.1. The van der Waals surface area contributed by atoms with Gasteiger partial charge in [-0.3, -0.25) is 9.59 Å². The zero-order valence-electron chi connectivity index (χ0n) is 15.0. The number of carbonyl (C=O) groups is 2. The van der Waals surface area contributed by atoms with E-state index in [1.54, 1.807) is 6.08 Å². The van der Waals surface area contributed by atoms with E-state index >= 15 is 0 Å². The second kappa shape index (κ2) is 6.62. The van der Waals surface area contributed by atoms with E-state index in [1.807, 2.05) is 38.1 Å². The summed E-state index contributed by atoms with van der Waals surface area (Å²) in [7, 11) is 0. The van der Waals surface area contributed by atoms with Crippen molar-refractivity contribution in [3.05, 3.63) is 46.1 Å². The number of nitrogens with zero attached hydrogens (tertiary/aromatic N) is 2. The molecule has 2 amide bonds. The molecule has 0 saturated carbocycles. The molecule has 0 fully saturated rings. The Hall–Kier alpha value is -3.00. The van der Waals surface area contributed by atoms with E-state index in [-0.39, 0.29) is 18.6 Å². The monoisotopic (exact) mass is 383 g/mol. The van der Waals surface area contributed by atoms with Crippen molar-refractivity contribution >= 4 is 34.8 Å². The topological polar surface area (TPSA) is 81.9 Å². The lowest BCUT2D eigenvalue weighted by atomic mass is 10.2. The van der Waals surface area contributed by atoms with Gasteiger partial charge in [-0.1, -0.05) is 0 Å². The van der Waals surface area contributed by atoms with Gasteiger partial charge in [0.05, 0.1) is 4.91 Å². The van der Waals surface area contributed by atoms with Crippen LogP contribution in [-0.2, 0) is 9.59 Å². The number of hydrogen-bond acceptors (Lipinski definition) is 5. The molecule has 0 saturated heterocycles. The molecule has 0 unspecified atom stereocenters. The standard InChI is InChI=1S/C19H17N3O4S/c1-10-6-13(7-17-18(24)21-19(27-17)20-12(3)23)11(2)22(10)14-4-5-15-16(8-14)26-9-25-15/h4-8H,9H2,1-3H3,(H,20,21,23,24)/b17-7+. The van der Waals surface area contributed by atoms with Crippen molar-refractivity contribution in [3.8, 4) is 17.2 Å². The first-order chi connectivity index (χ1) is 12.9. The van der Waals surface area contributed by atoms with Crippen LogP contribution in [0.25, 0.3) is 11.8 Å². The molecule has 27 heavy (non-hydrogen) atoms. The molecule has 2 aliphatic rings. The van der Waals surface area contributed by atoms with Gasteiger partial charge in [0.25, 0.3) is 5.91 Å². The molecule has 1 aromatic carbocycles. The third kappa shape index (κ3) is 3.23. The SMILES string of the molecule is CC(=O)NC1=NC(=O)/C(=C\c2cc(C)n(-c3ccc4c(c3)OCO4)c2C)S1. The van der Waals surface area contributed by atoms with E-state index in [4.69, 9.17) is 9.47 Å². The summed E-state index contributed by atoms with van der Waals surface area (Å²) >= 11 is 1.16. The van der Waals surface area contributed by atoms with Gasteiger partial charge >= 0.3 is 0 Å². The minimum absolute atomic E-state index is 0.232. The second-order valence-corrected chi connectivity index (χ2v) is 7.24. The summed E-state index contributed by atoms with van der Waals surface area (Å²) in [4.78, 5) is 27.6. The van der Waals surface area contributed by atoms with Crippen LogP contribution in [0.1, 0.15) is 23.9 Å². The molecule has 0 aliphatic carbocycles. The second-order valence-electron chi connectivity index (χ2n) is 6.21. The minimum atomic E-state index is -0.350. The van der Waals surface area contributed by atoms with E-state index in [2.05, 4.69) is 14.9 Å². The highest BCUT2D eigenvalue weighted by Crippen LogP contribution is 2.35. The van der Waals surface area contributed by atoms with E-state index in [1.165, 1.54) is 6.92 Å². The Kier molecular flexibility index (Phi) is 4.27. The molecule has 3 heterocycles. The highest BCUT2D eigenvalue weighted by molar-refractivity contribution is 8.18. The Bertz CT molecular complexity index is 1040. The molecule has 0 atom stereocenters. The molecule has 0 spiro atoms. The van der Waals surface area contributed by atoms with Gasteiger partial charge in [0, 0.05) is 30.1 Å². The quantitative estimate of drug-likeness (QED) is 0.807. The first-order valence-corrected chi connectivity index (χ1v) is 9.13. The smallest absolute Gasteiger partial charge is 0.286 e. The number of ether oxygens (including phenoxy) is 2. The van der Waals surface area contributed by atoms with E-state index < -0.39 is 0 Å². The van der Waals surface area contributed by atoms with Crippen molar-refractivity contribution in [1.82, 2.24) is 9.88 Å². The number of hydrogen-bond donors (Lipinski definition) is 1. The van der Waals surface area contributed by atoms with E-state index in [0.29, 0.717) is 10.1 Å². The minimum Gasteiger partial charge on any atom is -0.454 e. The number of amides is 2. The number of aromatic nitrogens is 1. The lowest BCUT2D eigenvalue weighted by molar-refractivity contribution is -0.117. The van der Waals surface area contributed by atoms with Gasteiger partial charge in [-0.2, -0.15) is 4.99 Å². The van der Waals surface area contributed by atoms with Crippen molar-refractivity contribution in [3.63, 3.8) is 0 Å². The predicted octanol–water partition coefficient (Wildman–Crippen LogP) is 2.93. The molecule has 1 N–H and O–H groups in total. The largest absolute Gasteiger partial charge is 0.454 e. The normalized spacial score (nSPS) is 16.8. The van der Waals surface area contributed by atoms with Gasteiger partial charge in [0.15, 0.2) is 16.7 Å². The summed E-state index contributed by atoms with van der Waals surface area (Å²) in [6.45, 7) is 5.61. The Labute approximate surface area is 160 Å². The van der Waals surface area contributed by atoms with Crippen molar-refractivity contribution in [2.45, 2.75) is 20.8 Å². The van der Waals surface area contributed by atoms with Crippen molar-refractivity contribution in [1.29, 1.82) is 0 Å². The zero-order valence-corrected chi connectivity index (χ0v) is 15.8. The summed E-state index contributed by atoms with van der Waals surface area (Å²) in [5.41, 5.74) is 3.89. The van der Waals surface area contributed by atoms with Gasteiger partial charge in [-0.25, -0.2) is 0 Å². The average molecular weight is 383 g/mol. The Balaban J connectivity index is 1.66. The van der Waals surface area contributed by atoms with Crippen LogP contribution in [0.2, 0.25) is 0 Å². The first-order valence-electron chi connectivity index (χ1n) is 8.31. The zero-order chi connectivity index (χ0) is 19.1. The average Bonchev–Trinajstić information content (AvgIpc) is 3.26. The van der Waals surface area contributed by atoms with Crippen molar-refractivity contribution in [2.75, 3.05) is 6.79 Å². The Morgan fingerprint density at radius 3 is 2.81 bits per heavy atom. The van der Waals surface area contributed by atoms with Crippen molar-refractivity contribution in [2.24, 2.45) is 4.99 Å². The lowest BCUT2D eigenvalue weighted by Gasteiger charge is -2.10. The number of thioether (sulfide) groups is 1. The number of nitrogens with one attached hydrogen (secondary N) is 1. The van der Waals surface area contributed by atoms with Crippen molar-refractivity contribution < 1.29 is 19.1 Å². The molecule has 8 heteroatoms. The highest BCUT2D eigenvalue weighted by atomic mass is 32.2. The molecule has 2 aromatic rings. The maximum atomic E-state index is 12.1. The number of aliphatic imine (C=N–C) groups is 1. The molecule has 0 radical (unpaired) electrons. The summed E-state index contributed by atoms with van der Waals surface area (Å²) in [5.74, 6) is 0.849. The fourth-order valence-corrected chi connectivity index (χ4v) is 3.96. The van der Waals surface area contributed by atoms with E-state index in [0.717, 1.165) is 45.9 Å². The van der Waals surface area contributed by atoms with Crippen LogP contribution < -0.4 is 14.8 Å². The number of fused-ring (bicyclic) bond motifs is 1. The lowest BCUT2D eigenvalue weighted by Crippen LogP contribution is -2.23. The van der Waals surface area contributed by atoms with Crippen LogP contribution in [0.4, 0.5) is 0 Å². The fourth-order valence-electron chi connectivity index (χ4n) is 3.11. The molecular weight excluding hydrogens is 366 g/mol. The predicted molar refractivity (Wildman–Crippen MR) is 103 cm³/mol. The van der Waals surface area contributed by atoms with Crippen LogP contribution in [0.5, 0.6) is 11.5 Å². The maximum Gasteiger partial charge on any atom is 0.286 e. The van der Waals surface area contributed by atoms with Gasteiger partial charge in [-0.15, -0.1) is 0 Å². The van der Waals surface area contributed by atoms with Gasteiger partial charge in [-0.05, 0) is 55.4 Å². The van der Waals surface area contributed by atoms with Crippen LogP contribution in [0, 0.1) is 13.8 Å². The summed E-state index contributed by atoms with van der Waals surface area (Å²) in [5, 5.41) is 2.86. The van der Waals surface area contributed by atoms with Gasteiger partial charge in [0.2, 0.25) is 12.7 Å². The summed E-state index contributed by atoms with van der Waals surface area (Å²) in [6.07, 6.45) is 1.80. The Morgan fingerprint density at radius 2 is 2.04 bits per heavy atom. The molecule has 7 nitrogen and oxygen atoms in total. The number of carbonyl (C=O) groups excluding carboxylic acids is 2. The fraction of sp³-hybridized carbons (Fsp3) is 0.211. The van der Waals surface area contributed by atoms with Gasteiger partial charge < -0.3 is 19.4 Å². The molecule has 1 aromatic heterocycles. The highest BCUT2D eigenvalue weighted by Gasteiger charge is 2.23. The molecule has 0 bridgehead atoms. The van der Waals surface area contributed by atoms with Gasteiger partial charge in [0.1, 0.15) is 0 Å². The van der Waals surface area contributed by atoms with Crippen LogP contribution in [0.15, 0.2) is 34.2 Å². The number of amidine groups is 1. The number of benzene rings is 1. The molecule has 2 aliphatic heterocycles. The third-order valence-electron chi connectivity index (χ3n) is 4.27. The molecule has 138 valence electrons.